The molecule has 0 radical (unpaired) electrons. The molecule has 470 valence electrons. The molecule has 0 bridgehead atoms. The molecule has 0 N–H and O–H groups in total. The van der Waals surface area contributed by atoms with Crippen LogP contribution in [0, 0.1) is 0 Å². The van der Waals surface area contributed by atoms with Crippen molar-refractivity contribution in [3.05, 3.63) is 146 Å². The molecular weight excluding hydrogens is 1020 g/mol. The molecule has 1 atom stereocenters. The SMILES string of the molecule is CC/C=C\C/C=C\C/C=C\C/C=C\C/C=C\C/C=C\C/C=C\C/C=C\CCCCCCC(=O)OCC(COC(=O)CCCCCCCCCCCCCCCCC)OC(=O)CCCCCCCCCC/C=C\C/C=C\C/C=C\C/C=C\CC. The van der Waals surface area contributed by atoms with E-state index in [4.69, 9.17) is 14.2 Å². The van der Waals surface area contributed by atoms with E-state index in [1.54, 1.807) is 0 Å². The van der Waals surface area contributed by atoms with E-state index >= 15 is 0 Å². The molecule has 0 heterocycles. The summed E-state index contributed by atoms with van der Waals surface area (Å²) in [7, 11) is 0. The topological polar surface area (TPSA) is 78.9 Å². The van der Waals surface area contributed by atoms with Crippen molar-refractivity contribution < 1.29 is 28.6 Å². The van der Waals surface area contributed by atoms with Gasteiger partial charge in [-0.15, -0.1) is 0 Å². The average molecular weight is 1150 g/mol. The normalized spacial score (nSPS) is 13.0. The Bertz CT molecular complexity index is 1800. The third-order valence-electron chi connectivity index (χ3n) is 14.3. The molecule has 0 aliphatic heterocycles. The molecule has 0 aromatic heterocycles. The summed E-state index contributed by atoms with van der Waals surface area (Å²) in [6.07, 6.45) is 100.0. The van der Waals surface area contributed by atoms with Gasteiger partial charge < -0.3 is 14.2 Å². The smallest absolute Gasteiger partial charge is 0.306 e. The third-order valence-corrected chi connectivity index (χ3v) is 14.3. The lowest BCUT2D eigenvalue weighted by Gasteiger charge is -2.18. The summed E-state index contributed by atoms with van der Waals surface area (Å²) in [6.45, 7) is 6.41. The molecule has 0 rings (SSSR count). The molecule has 0 fully saturated rings. The van der Waals surface area contributed by atoms with Crippen LogP contribution in [0.3, 0.4) is 0 Å². The van der Waals surface area contributed by atoms with Crippen molar-refractivity contribution >= 4 is 17.9 Å². The molecule has 0 aromatic rings. The van der Waals surface area contributed by atoms with Gasteiger partial charge in [0.15, 0.2) is 6.10 Å². The van der Waals surface area contributed by atoms with Crippen LogP contribution in [-0.4, -0.2) is 37.2 Å². The Labute approximate surface area is 512 Å². The summed E-state index contributed by atoms with van der Waals surface area (Å²) in [5.41, 5.74) is 0. The van der Waals surface area contributed by atoms with E-state index in [9.17, 15) is 14.4 Å². The lowest BCUT2D eigenvalue weighted by atomic mass is 10.0. The van der Waals surface area contributed by atoms with Gasteiger partial charge in [-0.3, -0.25) is 14.4 Å². The maximum absolute atomic E-state index is 12.9. The van der Waals surface area contributed by atoms with Crippen LogP contribution >= 0.6 is 0 Å². The zero-order valence-corrected chi connectivity index (χ0v) is 53.9. The largest absolute Gasteiger partial charge is 0.462 e. The Kier molecular flexibility index (Phi) is 65.8. The number of esters is 3. The fraction of sp³-hybridized carbons (Fsp3) is 0.649. The molecule has 6 heteroatoms. The van der Waals surface area contributed by atoms with Crippen molar-refractivity contribution in [3.63, 3.8) is 0 Å². The summed E-state index contributed by atoms with van der Waals surface area (Å²) < 4.78 is 17.0. The summed E-state index contributed by atoms with van der Waals surface area (Å²) >= 11 is 0. The molecule has 0 spiro atoms. The van der Waals surface area contributed by atoms with E-state index in [0.29, 0.717) is 19.3 Å². The van der Waals surface area contributed by atoms with Crippen LogP contribution in [0.25, 0.3) is 0 Å². The van der Waals surface area contributed by atoms with E-state index < -0.39 is 6.10 Å². The number of ether oxygens (including phenoxy) is 3. The first-order valence-corrected chi connectivity index (χ1v) is 34.3. The summed E-state index contributed by atoms with van der Waals surface area (Å²) in [5.74, 6) is -0.920. The van der Waals surface area contributed by atoms with Gasteiger partial charge in [-0.1, -0.05) is 308 Å². The predicted octanol–water partition coefficient (Wildman–Crippen LogP) is 23.9. The van der Waals surface area contributed by atoms with E-state index in [-0.39, 0.29) is 31.1 Å². The van der Waals surface area contributed by atoms with Gasteiger partial charge in [0.2, 0.25) is 0 Å². The maximum Gasteiger partial charge on any atom is 0.306 e. The molecule has 1 unspecified atom stereocenters. The van der Waals surface area contributed by atoms with Gasteiger partial charge in [0.05, 0.1) is 0 Å². The molecule has 0 saturated carbocycles. The number of unbranched alkanes of at least 4 members (excludes halogenated alkanes) is 26. The van der Waals surface area contributed by atoms with Crippen LogP contribution in [0.15, 0.2) is 146 Å². The van der Waals surface area contributed by atoms with Crippen LogP contribution in [0.5, 0.6) is 0 Å². The number of rotatable bonds is 61. The second-order valence-electron chi connectivity index (χ2n) is 22.3. The Morgan fingerprint density at radius 3 is 0.735 bits per heavy atom. The Hall–Kier alpha value is -4.71. The number of hydrogen-bond donors (Lipinski definition) is 0. The van der Waals surface area contributed by atoms with Gasteiger partial charge in [-0.25, -0.2) is 0 Å². The maximum atomic E-state index is 12.9. The standard InChI is InChI=1S/C77H126O6/c1-4-7-10-13-16-19-22-25-28-30-32-34-35-36-37-38-39-40-41-43-44-46-49-52-55-58-61-64-67-70-76(79)82-73-74(72-81-75(78)69-66-63-60-57-54-51-48-27-24-21-18-15-12-9-6-3)83-77(80)71-68-65-62-59-56-53-50-47-45-42-33-31-29-26-23-20-17-14-11-8-5-2/h7-8,10-11,16-17,19-20,25-26,28-29,32-34,36-37,39-40,42-44,49,52,74H,4-6,9,12-15,18,21-24,27,30-31,35,38,41,45-48,50-51,53-73H2,1-3H3/b10-7-,11-8-,19-16-,20-17-,28-25-,29-26-,34-32-,37-36-,40-39-,42-33-,44-43-,52-49-. The number of carbonyl (C=O) groups excluding carboxylic acids is 3. The lowest BCUT2D eigenvalue weighted by molar-refractivity contribution is -0.167. The van der Waals surface area contributed by atoms with Crippen molar-refractivity contribution in [1.82, 2.24) is 0 Å². The van der Waals surface area contributed by atoms with E-state index in [0.717, 1.165) is 154 Å². The van der Waals surface area contributed by atoms with Crippen molar-refractivity contribution in [1.29, 1.82) is 0 Å². The van der Waals surface area contributed by atoms with Crippen molar-refractivity contribution in [3.8, 4) is 0 Å². The van der Waals surface area contributed by atoms with E-state index in [1.807, 2.05) is 0 Å². The Morgan fingerprint density at radius 2 is 0.470 bits per heavy atom. The molecular formula is C77H126O6. The van der Waals surface area contributed by atoms with Gasteiger partial charge in [0.1, 0.15) is 13.2 Å². The van der Waals surface area contributed by atoms with Gasteiger partial charge in [-0.05, 0) is 122 Å². The van der Waals surface area contributed by atoms with Gasteiger partial charge in [0.25, 0.3) is 0 Å². The van der Waals surface area contributed by atoms with E-state index in [2.05, 4.69) is 167 Å². The first-order chi connectivity index (χ1) is 41.0. The van der Waals surface area contributed by atoms with Crippen molar-refractivity contribution in [2.45, 2.75) is 309 Å². The average Bonchev–Trinajstić information content (AvgIpc) is 3.49. The van der Waals surface area contributed by atoms with Crippen LogP contribution in [-0.2, 0) is 28.6 Å². The Morgan fingerprint density at radius 1 is 0.253 bits per heavy atom. The second-order valence-corrected chi connectivity index (χ2v) is 22.3. The zero-order valence-electron chi connectivity index (χ0n) is 53.9. The highest BCUT2D eigenvalue weighted by molar-refractivity contribution is 5.71. The van der Waals surface area contributed by atoms with Gasteiger partial charge in [-0.2, -0.15) is 0 Å². The lowest BCUT2D eigenvalue weighted by Crippen LogP contribution is -2.30. The first-order valence-electron chi connectivity index (χ1n) is 34.3. The minimum Gasteiger partial charge on any atom is -0.462 e. The fourth-order valence-electron chi connectivity index (χ4n) is 9.27. The molecule has 0 amide bonds. The molecule has 0 aromatic carbocycles. The summed E-state index contributed by atoms with van der Waals surface area (Å²) in [6, 6.07) is 0. The third kappa shape index (κ3) is 68.0. The van der Waals surface area contributed by atoms with Crippen LogP contribution in [0.4, 0.5) is 0 Å². The summed E-state index contributed by atoms with van der Waals surface area (Å²) in [5, 5.41) is 0. The predicted molar refractivity (Wildman–Crippen MR) is 362 cm³/mol. The number of carbonyl (C=O) groups is 3. The molecule has 0 saturated heterocycles. The molecule has 0 aliphatic rings. The van der Waals surface area contributed by atoms with Crippen LogP contribution in [0.2, 0.25) is 0 Å². The van der Waals surface area contributed by atoms with Crippen molar-refractivity contribution in [2.75, 3.05) is 13.2 Å². The van der Waals surface area contributed by atoms with Crippen LogP contribution in [0.1, 0.15) is 303 Å². The highest BCUT2D eigenvalue weighted by Crippen LogP contribution is 2.16. The first kappa shape index (κ1) is 78.3. The highest BCUT2D eigenvalue weighted by Gasteiger charge is 2.19. The zero-order chi connectivity index (χ0) is 59.9. The quantitative estimate of drug-likeness (QED) is 0.0261. The monoisotopic (exact) mass is 1150 g/mol. The minimum atomic E-state index is -0.800. The van der Waals surface area contributed by atoms with Crippen molar-refractivity contribution in [2.24, 2.45) is 0 Å². The Balaban J connectivity index is 4.43. The highest BCUT2D eigenvalue weighted by atomic mass is 16.6. The second kappa shape index (κ2) is 69.8. The van der Waals surface area contributed by atoms with Gasteiger partial charge in [0, 0.05) is 19.3 Å². The molecule has 83 heavy (non-hydrogen) atoms. The van der Waals surface area contributed by atoms with E-state index in [1.165, 1.54) is 109 Å². The number of allylic oxidation sites excluding steroid dienone is 24. The van der Waals surface area contributed by atoms with Crippen LogP contribution < -0.4 is 0 Å². The minimum absolute atomic E-state index is 0.0916. The summed E-state index contributed by atoms with van der Waals surface area (Å²) in [4.78, 5) is 38.4. The molecule has 0 aliphatic carbocycles. The molecule has 6 nitrogen and oxygen atoms in total. The fourth-order valence-corrected chi connectivity index (χ4v) is 9.27. The van der Waals surface area contributed by atoms with Gasteiger partial charge >= 0.3 is 17.9 Å². The number of hydrogen-bond acceptors (Lipinski definition) is 6.